The van der Waals surface area contributed by atoms with Crippen molar-refractivity contribution in [2.75, 3.05) is 20.4 Å². The molecule has 2 aromatic heterocycles. The number of pyridine rings is 1. The van der Waals surface area contributed by atoms with Crippen LogP contribution in [0.15, 0.2) is 47.6 Å². The van der Waals surface area contributed by atoms with E-state index in [-0.39, 0.29) is 33.0 Å². The van der Waals surface area contributed by atoms with Crippen molar-refractivity contribution in [1.29, 1.82) is 0 Å². The first-order chi connectivity index (χ1) is 18.5. The smallest absolute Gasteiger partial charge is 0.331 e. The Kier molecular flexibility index (Phi) is 9.35. The number of halogens is 3. The molecular weight excluding hydrogens is 605 g/mol. The molecule has 1 aliphatic rings. The molecule has 0 saturated carbocycles. The SMILES string of the molecule is C=CC[C@@]1(C(=O)OC)c2ccc(F)cc2COCN1Cc1cc2nc(Br)cc(Cl)c2n1COCC[Si-](C)(C)C. The van der Waals surface area contributed by atoms with Gasteiger partial charge in [-0.3, -0.25) is 4.90 Å². The second kappa shape index (κ2) is 12.2. The van der Waals surface area contributed by atoms with Crippen LogP contribution in [0.25, 0.3) is 11.0 Å². The Morgan fingerprint density at radius 3 is 2.79 bits per heavy atom. The van der Waals surface area contributed by atoms with Crippen molar-refractivity contribution < 1.29 is 23.4 Å². The minimum atomic E-state index is -1.28. The quantitative estimate of drug-likeness (QED) is 0.0797. The highest BCUT2D eigenvalue weighted by molar-refractivity contribution is 9.10. The lowest BCUT2D eigenvalue weighted by Crippen LogP contribution is -2.52. The van der Waals surface area contributed by atoms with E-state index >= 15 is 0 Å². The molecule has 1 aliphatic heterocycles. The average molecular weight is 639 g/mol. The minimum Gasteiger partial charge on any atom is -0.467 e. The summed E-state index contributed by atoms with van der Waals surface area (Å²) in [6.45, 7) is 12.3. The molecule has 4 rings (SSSR count). The highest BCUT2D eigenvalue weighted by atomic mass is 79.9. The van der Waals surface area contributed by atoms with Gasteiger partial charge in [0.05, 0.1) is 29.8 Å². The molecule has 0 unspecified atom stereocenters. The lowest BCUT2D eigenvalue weighted by Gasteiger charge is -2.40. The summed E-state index contributed by atoms with van der Waals surface area (Å²) in [5.74, 6) is -0.876. The number of ether oxygens (including phenoxy) is 3. The molecule has 0 bridgehead atoms. The first-order valence-electron chi connectivity index (χ1n) is 12.7. The van der Waals surface area contributed by atoms with E-state index in [0.29, 0.717) is 32.9 Å². The molecule has 3 heterocycles. The molecule has 3 aromatic rings. The predicted octanol–water partition coefficient (Wildman–Crippen LogP) is 6.84. The topological polar surface area (TPSA) is 65.8 Å². The standard InChI is InChI=1S/C28H34BrClFN3O4Si/c1-6-9-28(27(35)36-2)22-8-7-20(31)12-19(22)16-38-17-33(28)15-21-13-24-26(23(30)14-25(29)32-24)34(21)18-37-10-11-39(3,4)5/h6-8,12-14H,1,9-11,15-18H2,2-5H3/q-1/t28-/m0/s1. The van der Waals surface area contributed by atoms with Crippen LogP contribution in [-0.4, -0.2) is 48.9 Å². The van der Waals surface area contributed by atoms with E-state index in [9.17, 15) is 9.18 Å². The number of fused-ring (bicyclic) bond motifs is 2. The van der Waals surface area contributed by atoms with Crippen molar-refractivity contribution in [2.24, 2.45) is 0 Å². The summed E-state index contributed by atoms with van der Waals surface area (Å²) in [5.41, 5.74) is 2.21. The zero-order valence-corrected chi connectivity index (χ0v) is 26.1. The number of nitrogens with zero attached hydrogens (tertiary/aromatic N) is 3. The second-order valence-corrected chi connectivity index (χ2v) is 17.7. The van der Waals surface area contributed by atoms with Gasteiger partial charge in [-0.05, 0) is 57.7 Å². The highest BCUT2D eigenvalue weighted by Gasteiger charge is 2.49. The van der Waals surface area contributed by atoms with Gasteiger partial charge in [-0.2, -0.15) is 19.6 Å². The van der Waals surface area contributed by atoms with Crippen LogP contribution in [0.3, 0.4) is 0 Å². The van der Waals surface area contributed by atoms with E-state index in [2.05, 4.69) is 47.1 Å². The first-order valence-corrected chi connectivity index (χ1v) is 17.6. The number of hydrogen-bond acceptors (Lipinski definition) is 6. The summed E-state index contributed by atoms with van der Waals surface area (Å²) in [7, 11) is 0.0725. The maximum Gasteiger partial charge on any atom is 0.331 e. The number of hydrogen-bond donors (Lipinski definition) is 0. The van der Waals surface area contributed by atoms with Crippen molar-refractivity contribution in [2.45, 2.75) is 57.5 Å². The van der Waals surface area contributed by atoms with Gasteiger partial charge in [0, 0.05) is 18.8 Å². The maximum absolute atomic E-state index is 14.2. The number of benzene rings is 1. The fraction of sp³-hybridized carbons (Fsp3) is 0.429. The Balaban J connectivity index is 1.81. The number of rotatable bonds is 10. The largest absolute Gasteiger partial charge is 0.467 e. The number of aromatic nitrogens is 2. The lowest BCUT2D eigenvalue weighted by atomic mass is 9.82. The van der Waals surface area contributed by atoms with E-state index in [4.69, 9.17) is 25.8 Å². The van der Waals surface area contributed by atoms with E-state index in [1.807, 2.05) is 15.5 Å². The number of carbonyl (C=O) groups excluding carboxylic acids is 1. The first kappa shape index (κ1) is 29.9. The van der Waals surface area contributed by atoms with Crippen LogP contribution in [0, 0.1) is 5.82 Å². The fourth-order valence-corrected chi connectivity index (χ4v) is 6.61. The van der Waals surface area contributed by atoms with Crippen molar-refractivity contribution in [3.05, 3.63) is 75.3 Å². The molecule has 0 radical (unpaired) electrons. The Hall–Kier alpha value is -2.08. The Morgan fingerprint density at radius 2 is 2.10 bits per heavy atom. The molecule has 1 aromatic carbocycles. The maximum atomic E-state index is 14.2. The van der Waals surface area contributed by atoms with Crippen LogP contribution < -0.4 is 0 Å². The van der Waals surface area contributed by atoms with Crippen LogP contribution in [0.2, 0.25) is 30.7 Å². The molecule has 11 heteroatoms. The van der Waals surface area contributed by atoms with Crippen molar-refractivity contribution in [1.82, 2.24) is 14.5 Å². The van der Waals surface area contributed by atoms with Crippen molar-refractivity contribution in [3.8, 4) is 0 Å². The van der Waals surface area contributed by atoms with Crippen LogP contribution in [0.4, 0.5) is 4.39 Å². The van der Waals surface area contributed by atoms with Crippen LogP contribution >= 0.6 is 27.5 Å². The van der Waals surface area contributed by atoms with Gasteiger partial charge in [0.2, 0.25) is 0 Å². The molecule has 7 nitrogen and oxygen atoms in total. The number of carbonyl (C=O) groups is 1. The van der Waals surface area contributed by atoms with E-state index in [1.54, 1.807) is 18.2 Å². The molecule has 0 aliphatic carbocycles. The van der Waals surface area contributed by atoms with Crippen LogP contribution in [0.5, 0.6) is 0 Å². The summed E-state index contributed by atoms with van der Waals surface area (Å²) in [5, 5.41) is 0.533. The Bertz CT molecular complexity index is 1380. The normalized spacial score (nSPS) is 18.1. The Labute approximate surface area is 243 Å². The summed E-state index contributed by atoms with van der Waals surface area (Å²) in [6.07, 6.45) is 1.91. The summed E-state index contributed by atoms with van der Waals surface area (Å²) in [6, 6.07) is 9.12. The third-order valence-electron chi connectivity index (χ3n) is 6.95. The van der Waals surface area contributed by atoms with Gasteiger partial charge in [0.25, 0.3) is 0 Å². The van der Waals surface area contributed by atoms with E-state index in [0.717, 1.165) is 17.3 Å². The van der Waals surface area contributed by atoms with Gasteiger partial charge >= 0.3 is 5.97 Å². The summed E-state index contributed by atoms with van der Waals surface area (Å²) < 4.78 is 34.3. The van der Waals surface area contributed by atoms with Gasteiger partial charge in [0.15, 0.2) is 5.54 Å². The lowest BCUT2D eigenvalue weighted by molar-refractivity contribution is -0.161. The molecule has 0 amide bonds. The number of esters is 1. The van der Waals surface area contributed by atoms with Crippen molar-refractivity contribution >= 4 is 52.6 Å². The second-order valence-electron chi connectivity index (χ2n) is 10.9. The molecular formula is C28H34BrClFN3O4Si-. The zero-order valence-electron chi connectivity index (χ0n) is 22.7. The molecule has 0 saturated heterocycles. The molecule has 0 spiro atoms. The monoisotopic (exact) mass is 637 g/mol. The van der Waals surface area contributed by atoms with Gasteiger partial charge in [0.1, 0.15) is 23.9 Å². The van der Waals surface area contributed by atoms with Gasteiger partial charge < -0.3 is 18.8 Å². The van der Waals surface area contributed by atoms with Gasteiger partial charge in [-0.25, -0.2) is 14.2 Å². The summed E-state index contributed by atoms with van der Waals surface area (Å²) in [4.78, 5) is 20.1. The van der Waals surface area contributed by atoms with Gasteiger partial charge in [-0.1, -0.05) is 23.7 Å². The molecule has 0 N–H and O–H groups in total. The van der Waals surface area contributed by atoms with E-state index in [1.165, 1.54) is 19.2 Å². The molecule has 39 heavy (non-hydrogen) atoms. The summed E-state index contributed by atoms with van der Waals surface area (Å²) >= 11 is 10.1. The third-order valence-corrected chi connectivity index (χ3v) is 9.35. The van der Waals surface area contributed by atoms with Crippen LogP contribution in [0.1, 0.15) is 23.2 Å². The highest BCUT2D eigenvalue weighted by Crippen LogP contribution is 2.41. The van der Waals surface area contributed by atoms with E-state index < -0.39 is 25.4 Å². The predicted molar refractivity (Wildman–Crippen MR) is 157 cm³/mol. The zero-order chi connectivity index (χ0) is 28.4. The van der Waals surface area contributed by atoms with Crippen LogP contribution in [-0.2, 0) is 44.4 Å². The molecule has 1 atom stereocenters. The van der Waals surface area contributed by atoms with Crippen molar-refractivity contribution in [3.63, 3.8) is 0 Å². The minimum absolute atomic E-state index is 0.0993. The number of methoxy groups -OCH3 is 1. The third kappa shape index (κ3) is 6.31. The molecule has 211 valence electrons. The average Bonchev–Trinajstić information content (AvgIpc) is 3.12. The fourth-order valence-electron chi connectivity index (χ4n) is 5.00. The van der Waals surface area contributed by atoms with Gasteiger partial charge in [-0.15, -0.1) is 20.7 Å². The Morgan fingerprint density at radius 1 is 1.33 bits per heavy atom. The molecule has 0 fully saturated rings.